The van der Waals surface area contributed by atoms with E-state index in [1.165, 1.54) is 30.7 Å². The molecule has 140 valence electrons. The van der Waals surface area contributed by atoms with E-state index in [4.69, 9.17) is 15.2 Å². The van der Waals surface area contributed by atoms with Crippen LogP contribution in [0.3, 0.4) is 0 Å². The Morgan fingerprint density at radius 3 is 2.56 bits per heavy atom. The van der Waals surface area contributed by atoms with Crippen molar-refractivity contribution in [1.29, 1.82) is 0 Å². The molecule has 0 aliphatic carbocycles. The molecule has 1 saturated heterocycles. The number of hydrogen-bond donors (Lipinski definition) is 2. The maximum absolute atomic E-state index is 12.7. The molecule has 8 nitrogen and oxygen atoms in total. The molecule has 1 aromatic rings. The highest BCUT2D eigenvalue weighted by atomic mass is 32.2. The number of carbonyl (C=O) groups excluding carboxylic acids is 1. The number of nitrogens with one attached hydrogen (secondary N) is 1. The van der Waals surface area contributed by atoms with Gasteiger partial charge in [0, 0.05) is 38.5 Å². The van der Waals surface area contributed by atoms with Gasteiger partial charge in [-0.1, -0.05) is 0 Å². The summed E-state index contributed by atoms with van der Waals surface area (Å²) in [7, 11) is -0.700. The zero-order valence-corrected chi connectivity index (χ0v) is 15.3. The minimum Gasteiger partial charge on any atom is -0.495 e. The van der Waals surface area contributed by atoms with Gasteiger partial charge in [0.05, 0.1) is 19.6 Å². The third kappa shape index (κ3) is 4.69. The molecule has 1 amide bonds. The molecule has 0 aromatic heterocycles. The van der Waals surface area contributed by atoms with E-state index in [9.17, 15) is 13.2 Å². The fraction of sp³-hybridized carbons (Fsp3) is 0.562. The molecule has 0 bridgehead atoms. The summed E-state index contributed by atoms with van der Waals surface area (Å²) in [6, 6.07) is 4.51. The zero-order chi connectivity index (χ0) is 18.4. The van der Waals surface area contributed by atoms with Crippen molar-refractivity contribution < 1.29 is 22.7 Å². The number of benzene rings is 1. The molecule has 1 fully saturated rings. The van der Waals surface area contributed by atoms with Crippen LogP contribution in [0.2, 0.25) is 0 Å². The van der Waals surface area contributed by atoms with Crippen LogP contribution in [0, 0.1) is 0 Å². The van der Waals surface area contributed by atoms with Gasteiger partial charge in [0.25, 0.3) is 0 Å². The number of ether oxygens (including phenoxy) is 2. The van der Waals surface area contributed by atoms with Crippen LogP contribution < -0.4 is 15.8 Å². The lowest BCUT2D eigenvalue weighted by atomic mass is 10.2. The Balaban J connectivity index is 2.17. The van der Waals surface area contributed by atoms with E-state index in [0.717, 1.165) is 12.8 Å². The van der Waals surface area contributed by atoms with E-state index in [1.54, 1.807) is 6.07 Å². The number of amides is 1. The van der Waals surface area contributed by atoms with Crippen molar-refractivity contribution in [2.45, 2.75) is 30.3 Å². The predicted molar refractivity (Wildman–Crippen MR) is 94.1 cm³/mol. The molecule has 1 heterocycles. The SMILES string of the molecule is COc1cc(NC(=O)CC(CN)OC)ccc1S(=O)(=O)N1CCCC1. The van der Waals surface area contributed by atoms with Crippen molar-refractivity contribution in [1.82, 2.24) is 4.31 Å². The topological polar surface area (TPSA) is 111 Å². The highest BCUT2D eigenvalue weighted by molar-refractivity contribution is 7.89. The molecule has 0 saturated carbocycles. The van der Waals surface area contributed by atoms with Crippen LogP contribution in [0.15, 0.2) is 23.1 Å². The summed E-state index contributed by atoms with van der Waals surface area (Å²) in [4.78, 5) is 12.1. The summed E-state index contributed by atoms with van der Waals surface area (Å²) in [6.45, 7) is 1.27. The quantitative estimate of drug-likeness (QED) is 0.699. The van der Waals surface area contributed by atoms with Crippen molar-refractivity contribution in [3.8, 4) is 5.75 Å². The molecule has 1 aliphatic rings. The maximum Gasteiger partial charge on any atom is 0.246 e. The van der Waals surface area contributed by atoms with Gasteiger partial charge in [0.2, 0.25) is 15.9 Å². The lowest BCUT2D eigenvalue weighted by Gasteiger charge is -2.18. The van der Waals surface area contributed by atoms with Crippen molar-refractivity contribution in [2.24, 2.45) is 5.73 Å². The molecular weight excluding hydrogens is 346 g/mol. The number of anilines is 1. The second-order valence-electron chi connectivity index (χ2n) is 5.82. The molecule has 0 radical (unpaired) electrons. The first-order chi connectivity index (χ1) is 11.9. The maximum atomic E-state index is 12.7. The molecule has 0 spiro atoms. The van der Waals surface area contributed by atoms with Gasteiger partial charge in [0.1, 0.15) is 10.6 Å². The van der Waals surface area contributed by atoms with Crippen LogP contribution in [0.4, 0.5) is 5.69 Å². The Bertz CT molecular complexity index is 698. The monoisotopic (exact) mass is 371 g/mol. The number of nitrogens with zero attached hydrogens (tertiary/aromatic N) is 1. The lowest BCUT2D eigenvalue weighted by molar-refractivity contribution is -0.118. The summed E-state index contributed by atoms with van der Waals surface area (Å²) < 4.78 is 37.2. The standard InChI is InChI=1S/C16H25N3O5S/c1-23-13(11-17)10-16(20)18-12-5-6-15(14(9-12)24-2)25(21,22)19-7-3-4-8-19/h5-6,9,13H,3-4,7-8,10-11,17H2,1-2H3,(H,18,20). The van der Waals surface area contributed by atoms with Crippen LogP contribution in [-0.2, 0) is 19.6 Å². The zero-order valence-electron chi connectivity index (χ0n) is 14.5. The van der Waals surface area contributed by atoms with E-state index in [0.29, 0.717) is 18.8 Å². The number of methoxy groups -OCH3 is 2. The van der Waals surface area contributed by atoms with E-state index in [-0.39, 0.29) is 35.6 Å². The van der Waals surface area contributed by atoms with Crippen molar-refractivity contribution >= 4 is 21.6 Å². The van der Waals surface area contributed by atoms with Gasteiger partial charge < -0.3 is 20.5 Å². The fourth-order valence-electron chi connectivity index (χ4n) is 2.71. The second-order valence-corrected chi connectivity index (χ2v) is 7.73. The average Bonchev–Trinajstić information content (AvgIpc) is 3.14. The van der Waals surface area contributed by atoms with Gasteiger partial charge in [-0.25, -0.2) is 8.42 Å². The number of sulfonamides is 1. The summed E-state index contributed by atoms with van der Waals surface area (Å²) >= 11 is 0. The summed E-state index contributed by atoms with van der Waals surface area (Å²) in [5, 5.41) is 2.70. The molecular formula is C16H25N3O5S. The summed E-state index contributed by atoms with van der Waals surface area (Å²) in [6.07, 6.45) is 1.47. The fourth-order valence-corrected chi connectivity index (χ4v) is 4.36. The summed E-state index contributed by atoms with van der Waals surface area (Å²) in [5.74, 6) is -0.0682. The lowest BCUT2D eigenvalue weighted by Crippen LogP contribution is -2.29. The van der Waals surface area contributed by atoms with Gasteiger partial charge in [-0.05, 0) is 25.0 Å². The molecule has 25 heavy (non-hydrogen) atoms. The Kier molecular flexibility index (Phi) is 6.77. The van der Waals surface area contributed by atoms with Gasteiger partial charge >= 0.3 is 0 Å². The van der Waals surface area contributed by atoms with E-state index < -0.39 is 10.0 Å². The van der Waals surface area contributed by atoms with Crippen molar-refractivity contribution in [2.75, 3.05) is 39.2 Å². The minimum atomic E-state index is -3.59. The first-order valence-electron chi connectivity index (χ1n) is 8.13. The Hall–Kier alpha value is -1.68. The molecule has 1 atom stereocenters. The number of rotatable bonds is 8. The van der Waals surface area contributed by atoms with Gasteiger partial charge in [0.15, 0.2) is 0 Å². The van der Waals surface area contributed by atoms with Crippen molar-refractivity contribution in [3.05, 3.63) is 18.2 Å². The highest BCUT2D eigenvalue weighted by Crippen LogP contribution is 2.31. The summed E-state index contributed by atoms with van der Waals surface area (Å²) in [5.41, 5.74) is 5.95. The second kappa shape index (κ2) is 8.61. The average molecular weight is 371 g/mol. The normalized spacial score (nSPS) is 16.6. The smallest absolute Gasteiger partial charge is 0.246 e. The molecule has 9 heteroatoms. The van der Waals surface area contributed by atoms with Gasteiger partial charge in [-0.3, -0.25) is 4.79 Å². The van der Waals surface area contributed by atoms with Crippen LogP contribution in [0.5, 0.6) is 5.75 Å². The number of hydrogen-bond acceptors (Lipinski definition) is 6. The van der Waals surface area contributed by atoms with Crippen LogP contribution >= 0.6 is 0 Å². The Morgan fingerprint density at radius 2 is 2.00 bits per heavy atom. The Labute approximate surface area is 148 Å². The Morgan fingerprint density at radius 1 is 1.32 bits per heavy atom. The van der Waals surface area contributed by atoms with Crippen LogP contribution in [0.1, 0.15) is 19.3 Å². The van der Waals surface area contributed by atoms with Crippen LogP contribution in [0.25, 0.3) is 0 Å². The molecule has 1 aliphatic heterocycles. The third-order valence-corrected chi connectivity index (χ3v) is 6.08. The largest absolute Gasteiger partial charge is 0.495 e. The van der Waals surface area contributed by atoms with E-state index >= 15 is 0 Å². The van der Waals surface area contributed by atoms with Crippen molar-refractivity contribution in [3.63, 3.8) is 0 Å². The third-order valence-electron chi connectivity index (χ3n) is 4.14. The molecule has 3 N–H and O–H groups in total. The predicted octanol–water partition coefficient (Wildman–Crippen LogP) is 0.782. The van der Waals surface area contributed by atoms with Gasteiger partial charge in [-0.15, -0.1) is 0 Å². The van der Waals surface area contributed by atoms with E-state index in [1.807, 2.05) is 0 Å². The number of carbonyl (C=O) groups is 1. The molecule has 1 unspecified atom stereocenters. The highest BCUT2D eigenvalue weighted by Gasteiger charge is 2.30. The number of nitrogens with two attached hydrogens (primary N) is 1. The first kappa shape index (κ1) is 19.6. The van der Waals surface area contributed by atoms with E-state index in [2.05, 4.69) is 5.32 Å². The van der Waals surface area contributed by atoms with Gasteiger partial charge in [-0.2, -0.15) is 4.31 Å². The minimum absolute atomic E-state index is 0.103. The molecule has 2 rings (SSSR count). The molecule has 1 aromatic carbocycles. The first-order valence-corrected chi connectivity index (χ1v) is 9.57. The van der Waals surface area contributed by atoms with Crippen LogP contribution in [-0.4, -0.2) is 58.6 Å².